The van der Waals surface area contributed by atoms with E-state index in [-0.39, 0.29) is 33.5 Å². The minimum absolute atomic E-state index is 0.0818. The summed E-state index contributed by atoms with van der Waals surface area (Å²) in [6, 6.07) is 0. The van der Waals surface area contributed by atoms with Gasteiger partial charge in [-0.2, -0.15) is 0 Å². The van der Waals surface area contributed by atoms with Crippen LogP contribution in [0.25, 0.3) is 0 Å². The van der Waals surface area contributed by atoms with E-state index in [1.807, 2.05) is 13.8 Å². The highest BCUT2D eigenvalue weighted by Crippen LogP contribution is 2.74. The van der Waals surface area contributed by atoms with Crippen molar-refractivity contribution in [3.63, 3.8) is 0 Å². The van der Waals surface area contributed by atoms with Crippen LogP contribution in [0.4, 0.5) is 0 Å². The summed E-state index contributed by atoms with van der Waals surface area (Å²) in [7, 11) is 0. The van der Waals surface area contributed by atoms with Crippen molar-refractivity contribution in [2.45, 2.75) is 120 Å². The van der Waals surface area contributed by atoms with E-state index in [4.69, 9.17) is 4.74 Å². The van der Waals surface area contributed by atoms with Gasteiger partial charge in [-0.1, -0.05) is 61.0 Å². The molecule has 0 radical (unpaired) electrons. The van der Waals surface area contributed by atoms with Gasteiger partial charge in [0.05, 0.1) is 0 Å². The summed E-state index contributed by atoms with van der Waals surface area (Å²) in [5.41, 5.74) is 2.63. The zero-order chi connectivity index (χ0) is 27.3. The quantitative estimate of drug-likeness (QED) is 0.358. The number of cyclic esters (lactones) is 1. The highest BCUT2D eigenvalue weighted by molar-refractivity contribution is 5.94. The van der Waals surface area contributed by atoms with E-state index in [0.29, 0.717) is 35.4 Å². The SMILES string of the molecule is C[C@@H]1C[C@H]2C(=O)C=C3C(CC[C@]4(C)[C@@H](C(C)(C)[C@H](C)CC5=CC(=O)OC5(C)C)CC[C@@]34C)[C@@]2(C)C[C@@H]1C. The fourth-order valence-electron chi connectivity index (χ4n) is 10.4. The van der Waals surface area contributed by atoms with Gasteiger partial charge in [-0.15, -0.1) is 0 Å². The molecule has 0 aromatic heterocycles. The first-order valence-corrected chi connectivity index (χ1v) is 15.2. The van der Waals surface area contributed by atoms with Gasteiger partial charge < -0.3 is 4.74 Å². The molecule has 0 aromatic rings. The molecule has 3 nitrogen and oxygen atoms in total. The van der Waals surface area contributed by atoms with Gasteiger partial charge in [-0.3, -0.25) is 4.79 Å². The molecule has 1 heterocycles. The molecule has 1 aliphatic heterocycles. The van der Waals surface area contributed by atoms with Crippen LogP contribution in [0.5, 0.6) is 0 Å². The van der Waals surface area contributed by atoms with Crippen LogP contribution in [0.1, 0.15) is 114 Å². The molecule has 1 unspecified atom stereocenters. The second kappa shape index (κ2) is 8.31. The lowest BCUT2D eigenvalue weighted by Gasteiger charge is -2.62. The summed E-state index contributed by atoms with van der Waals surface area (Å²) < 4.78 is 5.59. The van der Waals surface area contributed by atoms with E-state index in [0.717, 1.165) is 18.4 Å². The maximum absolute atomic E-state index is 13.7. The van der Waals surface area contributed by atoms with E-state index in [2.05, 4.69) is 61.5 Å². The molecule has 0 aromatic carbocycles. The largest absolute Gasteiger partial charge is 0.452 e. The first-order valence-electron chi connectivity index (χ1n) is 15.2. The third-order valence-corrected chi connectivity index (χ3v) is 13.6. The summed E-state index contributed by atoms with van der Waals surface area (Å²) >= 11 is 0. The second-order valence-electron chi connectivity index (χ2n) is 15.9. The number of ketones is 1. The van der Waals surface area contributed by atoms with Gasteiger partial charge in [-0.25, -0.2) is 4.79 Å². The number of fused-ring (bicyclic) bond motifs is 5. The molecule has 5 rings (SSSR count). The van der Waals surface area contributed by atoms with Crippen molar-refractivity contribution in [2.75, 3.05) is 0 Å². The van der Waals surface area contributed by atoms with Crippen molar-refractivity contribution in [1.82, 2.24) is 0 Å². The van der Waals surface area contributed by atoms with Crippen LogP contribution >= 0.6 is 0 Å². The molecule has 9 atom stereocenters. The maximum Gasteiger partial charge on any atom is 0.331 e. The zero-order valence-electron chi connectivity index (χ0n) is 25.3. The second-order valence-corrected chi connectivity index (χ2v) is 15.9. The summed E-state index contributed by atoms with van der Waals surface area (Å²) in [6.07, 6.45) is 11.9. The molecule has 0 amide bonds. The van der Waals surface area contributed by atoms with Gasteiger partial charge in [0.25, 0.3) is 0 Å². The van der Waals surface area contributed by atoms with Gasteiger partial charge in [-0.05, 0) is 122 Å². The lowest BCUT2D eigenvalue weighted by atomic mass is 9.41. The Kier molecular flexibility index (Phi) is 6.11. The number of hydrogen-bond donors (Lipinski definition) is 0. The molecule has 0 N–H and O–H groups in total. The van der Waals surface area contributed by atoms with Crippen LogP contribution in [0.15, 0.2) is 23.3 Å². The maximum atomic E-state index is 13.7. The van der Waals surface area contributed by atoms with Crippen molar-refractivity contribution in [1.29, 1.82) is 0 Å². The van der Waals surface area contributed by atoms with E-state index in [1.54, 1.807) is 6.08 Å². The minimum atomic E-state index is -0.499. The van der Waals surface area contributed by atoms with Gasteiger partial charge >= 0.3 is 5.97 Å². The standard InChI is InChI=1S/C34H52O3/c1-20-15-26-27(35)18-25-24(32(26,8)19-21(20)2)11-13-34(10)28(12-14-33(25,34)9)30(4,5)22(3)16-23-17-29(36)37-31(23,6)7/h17-18,20-22,24,26,28H,11-16,19H2,1-10H3/t20-,21+,22-,24?,26+,28-,32-,33+,34-/m1/s1. The Bertz CT molecular complexity index is 1060. The van der Waals surface area contributed by atoms with Crippen LogP contribution in [0.3, 0.4) is 0 Å². The van der Waals surface area contributed by atoms with Crippen molar-refractivity contribution in [3.8, 4) is 0 Å². The van der Waals surface area contributed by atoms with Crippen LogP contribution in [-0.4, -0.2) is 17.4 Å². The van der Waals surface area contributed by atoms with Crippen LogP contribution in [-0.2, 0) is 14.3 Å². The molecule has 0 saturated heterocycles. The molecule has 206 valence electrons. The number of hydrogen-bond acceptors (Lipinski definition) is 3. The molecule has 3 fully saturated rings. The number of rotatable bonds is 4. The lowest BCUT2D eigenvalue weighted by Crippen LogP contribution is -2.56. The van der Waals surface area contributed by atoms with Crippen LogP contribution in [0, 0.1) is 57.2 Å². The topological polar surface area (TPSA) is 43.4 Å². The Morgan fingerprint density at radius 2 is 1.65 bits per heavy atom. The molecule has 37 heavy (non-hydrogen) atoms. The van der Waals surface area contributed by atoms with Gasteiger partial charge in [0.1, 0.15) is 5.60 Å². The molecule has 3 heteroatoms. The van der Waals surface area contributed by atoms with Gasteiger partial charge in [0, 0.05) is 12.0 Å². The number of carbonyl (C=O) groups is 2. The van der Waals surface area contributed by atoms with E-state index in [9.17, 15) is 9.59 Å². The molecule has 5 aliphatic rings. The molecule has 3 saturated carbocycles. The average Bonchev–Trinajstić information content (AvgIpc) is 3.21. The Morgan fingerprint density at radius 3 is 2.27 bits per heavy atom. The predicted molar refractivity (Wildman–Crippen MR) is 150 cm³/mol. The number of esters is 1. The van der Waals surface area contributed by atoms with E-state index < -0.39 is 5.60 Å². The molecule has 0 bridgehead atoms. The Morgan fingerprint density at radius 1 is 0.973 bits per heavy atom. The lowest BCUT2D eigenvalue weighted by molar-refractivity contribution is -0.143. The van der Waals surface area contributed by atoms with Gasteiger partial charge in [0.2, 0.25) is 0 Å². The van der Waals surface area contributed by atoms with Crippen LogP contribution < -0.4 is 0 Å². The van der Waals surface area contributed by atoms with E-state index >= 15 is 0 Å². The Labute approximate surface area is 226 Å². The normalized spacial score (nSPS) is 45.8. The first-order chi connectivity index (χ1) is 17.0. The summed E-state index contributed by atoms with van der Waals surface area (Å²) in [5, 5.41) is 0. The summed E-state index contributed by atoms with van der Waals surface area (Å²) in [4.78, 5) is 25.8. The molecular formula is C34H52O3. The molecular weight excluding hydrogens is 456 g/mol. The zero-order valence-corrected chi connectivity index (χ0v) is 25.3. The number of ether oxygens (including phenoxy) is 1. The fourth-order valence-corrected chi connectivity index (χ4v) is 10.4. The monoisotopic (exact) mass is 508 g/mol. The summed E-state index contributed by atoms with van der Waals surface area (Å²) in [5.74, 6) is 3.33. The van der Waals surface area contributed by atoms with Crippen LogP contribution in [0.2, 0.25) is 0 Å². The third-order valence-electron chi connectivity index (χ3n) is 13.6. The van der Waals surface area contributed by atoms with Crippen molar-refractivity contribution in [2.24, 2.45) is 57.2 Å². The summed E-state index contributed by atoms with van der Waals surface area (Å²) in [6.45, 7) is 23.7. The minimum Gasteiger partial charge on any atom is -0.452 e. The number of carbonyl (C=O) groups excluding carboxylic acids is 2. The van der Waals surface area contributed by atoms with Gasteiger partial charge in [0.15, 0.2) is 5.78 Å². The van der Waals surface area contributed by atoms with Crippen molar-refractivity contribution >= 4 is 11.8 Å². The predicted octanol–water partition coefficient (Wildman–Crippen LogP) is 8.33. The average molecular weight is 509 g/mol. The Hall–Kier alpha value is -1.38. The third kappa shape index (κ3) is 3.71. The highest BCUT2D eigenvalue weighted by Gasteiger charge is 2.66. The Balaban J connectivity index is 1.46. The van der Waals surface area contributed by atoms with E-state index in [1.165, 1.54) is 37.7 Å². The smallest absolute Gasteiger partial charge is 0.331 e. The first kappa shape index (κ1) is 27.2. The van der Waals surface area contributed by atoms with Crippen molar-refractivity contribution in [3.05, 3.63) is 23.3 Å². The van der Waals surface area contributed by atoms with Crippen molar-refractivity contribution < 1.29 is 14.3 Å². The highest BCUT2D eigenvalue weighted by atomic mass is 16.6. The fraction of sp³-hybridized carbons (Fsp3) is 0.824. The molecule has 0 spiro atoms. The number of allylic oxidation sites excluding steroid dienone is 2. The molecule has 4 aliphatic carbocycles.